The first-order valence-corrected chi connectivity index (χ1v) is 10.3. The molecule has 24 heavy (non-hydrogen) atoms. The minimum absolute atomic E-state index is 0.158. The lowest BCUT2D eigenvalue weighted by Gasteiger charge is -2.39. The van der Waals surface area contributed by atoms with Crippen molar-refractivity contribution in [2.45, 2.75) is 38.3 Å². The summed E-state index contributed by atoms with van der Waals surface area (Å²) in [5.41, 5.74) is 0.557. The number of rotatable bonds is 7. The van der Waals surface area contributed by atoms with Crippen LogP contribution in [0.4, 0.5) is 0 Å². The standard InChI is InChI=1S/C17H26NO5P/c1-3-4-8-24(21,22)11-15-10-18-17(2,12-23-15)14-7-5-6-13(9-14)16(19)20/h5-7,9,15,18H,3-4,8,10-12H2,1-2H3,(H,19,20)(H,21,22). The fraction of sp³-hybridized carbons (Fsp3) is 0.588. The molecule has 0 saturated carbocycles. The van der Waals surface area contributed by atoms with Gasteiger partial charge in [-0.15, -0.1) is 0 Å². The van der Waals surface area contributed by atoms with Crippen molar-refractivity contribution in [2.75, 3.05) is 25.5 Å². The molecule has 0 aliphatic carbocycles. The number of hydrogen-bond acceptors (Lipinski definition) is 4. The third-order valence-electron chi connectivity index (χ3n) is 4.42. The van der Waals surface area contributed by atoms with Gasteiger partial charge in [0, 0.05) is 12.7 Å². The van der Waals surface area contributed by atoms with Crippen LogP contribution >= 0.6 is 7.37 Å². The lowest BCUT2D eigenvalue weighted by molar-refractivity contribution is -0.0187. The van der Waals surface area contributed by atoms with Gasteiger partial charge in [0.2, 0.25) is 7.37 Å². The molecule has 1 saturated heterocycles. The number of carboxylic acids is 1. The summed E-state index contributed by atoms with van der Waals surface area (Å²) in [6.07, 6.45) is 1.83. The maximum absolute atomic E-state index is 12.2. The third-order valence-corrected chi connectivity index (χ3v) is 6.42. The number of unbranched alkanes of at least 4 members (excludes halogenated alkanes) is 1. The Morgan fingerprint density at radius 2 is 2.25 bits per heavy atom. The second kappa shape index (κ2) is 7.79. The van der Waals surface area contributed by atoms with Crippen LogP contribution < -0.4 is 5.32 Å². The van der Waals surface area contributed by atoms with Crippen molar-refractivity contribution in [1.29, 1.82) is 0 Å². The summed E-state index contributed by atoms with van der Waals surface area (Å²) < 4.78 is 18.0. The van der Waals surface area contributed by atoms with Gasteiger partial charge in [0.15, 0.2) is 0 Å². The smallest absolute Gasteiger partial charge is 0.335 e. The van der Waals surface area contributed by atoms with E-state index in [1.165, 1.54) is 0 Å². The molecular formula is C17H26NO5P. The van der Waals surface area contributed by atoms with Gasteiger partial charge in [0.1, 0.15) is 0 Å². The molecule has 6 nitrogen and oxygen atoms in total. The molecule has 0 aromatic heterocycles. The van der Waals surface area contributed by atoms with Crippen LogP contribution in [0.3, 0.4) is 0 Å². The highest BCUT2D eigenvalue weighted by Gasteiger charge is 2.35. The fourth-order valence-corrected chi connectivity index (χ4v) is 4.71. The maximum atomic E-state index is 12.2. The molecule has 0 radical (unpaired) electrons. The fourth-order valence-electron chi connectivity index (χ4n) is 2.85. The van der Waals surface area contributed by atoms with Gasteiger partial charge in [-0.25, -0.2) is 4.79 Å². The van der Waals surface area contributed by atoms with Gasteiger partial charge in [-0.2, -0.15) is 0 Å². The summed E-state index contributed by atoms with van der Waals surface area (Å²) in [4.78, 5) is 21.1. The quantitative estimate of drug-likeness (QED) is 0.651. The molecule has 1 aliphatic rings. The molecule has 3 unspecified atom stereocenters. The van der Waals surface area contributed by atoms with E-state index in [0.29, 0.717) is 19.3 Å². The van der Waals surface area contributed by atoms with Crippen molar-refractivity contribution >= 4 is 13.3 Å². The molecule has 1 aliphatic heterocycles. The van der Waals surface area contributed by atoms with E-state index in [1.807, 2.05) is 19.9 Å². The molecule has 0 amide bonds. The van der Waals surface area contributed by atoms with Gasteiger partial charge in [0.25, 0.3) is 0 Å². The van der Waals surface area contributed by atoms with E-state index < -0.39 is 18.9 Å². The van der Waals surface area contributed by atoms with Crippen LogP contribution in [0.5, 0.6) is 0 Å². The van der Waals surface area contributed by atoms with E-state index in [0.717, 1.165) is 18.4 Å². The predicted octanol–water partition coefficient (Wildman–Crippen LogP) is 2.66. The largest absolute Gasteiger partial charge is 0.478 e. The first-order chi connectivity index (χ1) is 11.3. The van der Waals surface area contributed by atoms with Crippen molar-refractivity contribution in [3.8, 4) is 0 Å². The molecule has 1 aromatic rings. The average Bonchev–Trinajstić information content (AvgIpc) is 2.55. The van der Waals surface area contributed by atoms with Gasteiger partial charge in [-0.3, -0.25) is 4.57 Å². The zero-order valence-electron chi connectivity index (χ0n) is 14.2. The number of carbonyl (C=O) groups is 1. The van der Waals surface area contributed by atoms with Gasteiger partial charge < -0.3 is 20.1 Å². The molecular weight excluding hydrogens is 329 g/mol. The molecule has 3 atom stereocenters. The van der Waals surface area contributed by atoms with Crippen molar-refractivity contribution < 1.29 is 24.1 Å². The highest BCUT2D eigenvalue weighted by atomic mass is 31.2. The second-order valence-electron chi connectivity index (χ2n) is 6.64. The predicted molar refractivity (Wildman–Crippen MR) is 93.0 cm³/mol. The summed E-state index contributed by atoms with van der Waals surface area (Å²) >= 11 is 0. The molecule has 7 heteroatoms. The Hall–Kier alpha value is -1.20. The van der Waals surface area contributed by atoms with Crippen LogP contribution in [0.2, 0.25) is 0 Å². The SMILES string of the molecule is CCCCP(=O)(O)CC1CNC(C)(c2cccc(C(=O)O)c2)CO1. The highest BCUT2D eigenvalue weighted by molar-refractivity contribution is 7.58. The van der Waals surface area contributed by atoms with E-state index >= 15 is 0 Å². The van der Waals surface area contributed by atoms with Crippen LogP contribution in [-0.4, -0.2) is 47.5 Å². The molecule has 1 heterocycles. The Kier molecular flexibility index (Phi) is 6.21. The van der Waals surface area contributed by atoms with Crippen LogP contribution in [-0.2, 0) is 14.8 Å². The number of nitrogens with one attached hydrogen (secondary N) is 1. The average molecular weight is 355 g/mol. The molecule has 3 N–H and O–H groups in total. The van der Waals surface area contributed by atoms with Gasteiger partial charge in [-0.05, 0) is 31.0 Å². The molecule has 134 valence electrons. The third kappa shape index (κ3) is 4.90. The minimum Gasteiger partial charge on any atom is -0.478 e. The Labute approximate surface area is 142 Å². The number of benzene rings is 1. The van der Waals surface area contributed by atoms with Crippen molar-refractivity contribution in [3.05, 3.63) is 35.4 Å². The van der Waals surface area contributed by atoms with Crippen LogP contribution in [0.25, 0.3) is 0 Å². The van der Waals surface area contributed by atoms with E-state index in [-0.39, 0.29) is 17.8 Å². The van der Waals surface area contributed by atoms with Gasteiger partial charge >= 0.3 is 5.97 Å². The van der Waals surface area contributed by atoms with Gasteiger partial charge in [-0.1, -0.05) is 25.5 Å². The van der Waals surface area contributed by atoms with E-state index in [9.17, 15) is 14.3 Å². The first-order valence-electron chi connectivity index (χ1n) is 8.27. The summed E-state index contributed by atoms with van der Waals surface area (Å²) in [7, 11) is -3.15. The number of hydrogen-bond donors (Lipinski definition) is 3. The van der Waals surface area contributed by atoms with E-state index in [2.05, 4.69) is 5.32 Å². The lowest BCUT2D eigenvalue weighted by atomic mass is 9.90. The van der Waals surface area contributed by atoms with Crippen LogP contribution in [0, 0.1) is 0 Å². The normalized spacial score (nSPS) is 26.7. The Morgan fingerprint density at radius 1 is 1.50 bits per heavy atom. The molecule has 0 bridgehead atoms. The van der Waals surface area contributed by atoms with Gasteiger partial charge in [0.05, 0.1) is 30.0 Å². The molecule has 2 rings (SSSR count). The summed E-state index contributed by atoms with van der Waals surface area (Å²) in [6.45, 7) is 4.73. The van der Waals surface area contributed by atoms with Crippen molar-refractivity contribution in [1.82, 2.24) is 5.32 Å². The highest BCUT2D eigenvalue weighted by Crippen LogP contribution is 2.43. The first kappa shape index (κ1) is 19.1. The monoisotopic (exact) mass is 355 g/mol. The van der Waals surface area contributed by atoms with Crippen molar-refractivity contribution in [2.24, 2.45) is 0 Å². The second-order valence-corrected chi connectivity index (χ2v) is 9.14. The summed E-state index contributed by atoms with van der Waals surface area (Å²) in [5.74, 6) is -0.966. The minimum atomic E-state index is -3.15. The Balaban J connectivity index is 1.99. The Morgan fingerprint density at radius 3 is 2.83 bits per heavy atom. The number of carboxylic acid groups (broad SMARTS) is 1. The zero-order chi connectivity index (χ0) is 17.8. The zero-order valence-corrected chi connectivity index (χ0v) is 15.1. The summed E-state index contributed by atoms with van der Waals surface area (Å²) in [6, 6.07) is 6.76. The number of aromatic carboxylic acids is 1. The van der Waals surface area contributed by atoms with Crippen LogP contribution in [0.15, 0.2) is 24.3 Å². The topological polar surface area (TPSA) is 95.9 Å². The number of morpholine rings is 1. The number of ether oxygens (including phenoxy) is 1. The van der Waals surface area contributed by atoms with E-state index in [4.69, 9.17) is 9.84 Å². The lowest BCUT2D eigenvalue weighted by Crippen LogP contribution is -2.54. The van der Waals surface area contributed by atoms with Crippen LogP contribution in [0.1, 0.15) is 42.6 Å². The Bertz CT molecular complexity index is 625. The molecule has 0 spiro atoms. The van der Waals surface area contributed by atoms with Crippen molar-refractivity contribution in [3.63, 3.8) is 0 Å². The molecule has 1 aromatic carbocycles. The van der Waals surface area contributed by atoms with E-state index in [1.54, 1.807) is 18.2 Å². The maximum Gasteiger partial charge on any atom is 0.335 e. The summed E-state index contributed by atoms with van der Waals surface area (Å²) in [5, 5.41) is 12.5. The molecule has 1 fully saturated rings.